The van der Waals surface area contributed by atoms with Crippen molar-refractivity contribution >= 4 is 30.4 Å². The number of hydrogen-bond donors (Lipinski definition) is 0. The highest BCUT2D eigenvalue weighted by molar-refractivity contribution is 7.70. The predicted octanol–water partition coefficient (Wildman–Crippen LogP) is -6.96. The molecule has 194 valence electrons. The summed E-state index contributed by atoms with van der Waals surface area (Å²) in [6, 6.07) is 0. The Morgan fingerprint density at radius 1 is 0.656 bits per heavy atom. The second kappa shape index (κ2) is 11.5. The summed E-state index contributed by atoms with van der Waals surface area (Å²) in [5.41, 5.74) is 0. The highest BCUT2D eigenvalue weighted by Gasteiger charge is 2.45. The minimum atomic E-state index is -6.54. The minimum Gasteiger partial charge on any atom is -0.834 e. The molecule has 20 heteroatoms. The van der Waals surface area contributed by atoms with Gasteiger partial charge < -0.3 is 77.1 Å². The fraction of sp³-hybridized carbons (Fsp3) is 1.00. The SMILES string of the molecule is CCC(CC(CC(CC(C)OC[O-])(P(=O)([O-])[O-])P(=O)([O-])[O-])OC[O-])(P(=O)([O-])[O-])P(=O)([O-])[O-]. The van der Waals surface area contributed by atoms with E-state index in [2.05, 4.69) is 9.47 Å². The highest BCUT2D eigenvalue weighted by atomic mass is 31.2. The molecule has 0 aromatic heterocycles. The first-order valence-corrected chi connectivity index (χ1v) is 14.8. The standard InChI is InChI=1S/C12H28O16P4/c1-3-11(29(15,16)17,30(18,19)20)5-10(28-8-14)6-12(31(21,22)23,32(24,25)26)4-9(2)27-7-13/h9-10H,3-8H2,1-2H3,(H2,15,16,17)(H2,18,19,20)(H2,21,22,23)(H2,24,25,26)/q-2/p-8. The van der Waals surface area contributed by atoms with E-state index in [1.807, 2.05) is 0 Å². The van der Waals surface area contributed by atoms with E-state index in [4.69, 9.17) is 0 Å². The Labute approximate surface area is 183 Å². The lowest BCUT2D eigenvalue weighted by molar-refractivity contribution is -0.439. The van der Waals surface area contributed by atoms with Gasteiger partial charge in [0.1, 0.15) is 0 Å². The monoisotopic (exact) mass is 544 g/mol. The van der Waals surface area contributed by atoms with Crippen molar-refractivity contribution in [2.24, 2.45) is 0 Å². The molecule has 0 amide bonds. The number of ether oxygens (including phenoxy) is 2. The van der Waals surface area contributed by atoms with Gasteiger partial charge in [-0.05, 0) is 46.2 Å². The van der Waals surface area contributed by atoms with Gasteiger partial charge in [0.25, 0.3) is 0 Å². The molecule has 16 nitrogen and oxygen atoms in total. The van der Waals surface area contributed by atoms with Gasteiger partial charge in [-0.2, -0.15) is 0 Å². The lowest BCUT2D eigenvalue weighted by Crippen LogP contribution is -2.52. The zero-order chi connectivity index (χ0) is 25.8. The molecule has 0 heterocycles. The quantitative estimate of drug-likeness (QED) is 0.136. The molecule has 0 saturated heterocycles. The molecule has 0 fully saturated rings. The lowest BCUT2D eigenvalue weighted by atomic mass is 10.0. The Morgan fingerprint density at radius 3 is 1.28 bits per heavy atom. The summed E-state index contributed by atoms with van der Waals surface area (Å²) in [6.45, 7) is -1.38. The van der Waals surface area contributed by atoms with Crippen LogP contribution in [0.1, 0.15) is 39.5 Å². The summed E-state index contributed by atoms with van der Waals surface area (Å²) in [4.78, 5) is 86.5. The maximum absolute atomic E-state index is 11.9. The van der Waals surface area contributed by atoms with Gasteiger partial charge in [0.15, 0.2) is 0 Å². The van der Waals surface area contributed by atoms with Crippen LogP contribution in [-0.2, 0) is 27.7 Å². The van der Waals surface area contributed by atoms with Crippen molar-refractivity contribution in [2.75, 3.05) is 13.6 Å². The molecule has 32 heavy (non-hydrogen) atoms. The van der Waals surface area contributed by atoms with E-state index in [0.29, 0.717) is 0 Å². The summed E-state index contributed by atoms with van der Waals surface area (Å²) in [7, 11) is -25.8. The third-order valence-corrected chi connectivity index (χ3v) is 13.7. The average Bonchev–Trinajstić information content (AvgIpc) is 2.54. The number of hydrogen-bond acceptors (Lipinski definition) is 16. The molecule has 0 bridgehead atoms. The first-order chi connectivity index (χ1) is 14.2. The van der Waals surface area contributed by atoms with Gasteiger partial charge in [-0.3, -0.25) is 0 Å². The van der Waals surface area contributed by atoms with Crippen molar-refractivity contribution in [3.05, 3.63) is 0 Å². The summed E-state index contributed by atoms with van der Waals surface area (Å²) >= 11 is 0. The second-order valence-electron chi connectivity index (χ2n) is 6.92. The molecule has 0 aromatic carbocycles. The molecule has 0 aliphatic heterocycles. The van der Waals surface area contributed by atoms with Crippen LogP contribution in [0.25, 0.3) is 0 Å². The van der Waals surface area contributed by atoms with Crippen molar-refractivity contribution in [1.82, 2.24) is 0 Å². The molecular formula is C12H20O16P4-10. The fourth-order valence-electron chi connectivity index (χ4n) is 3.24. The lowest BCUT2D eigenvalue weighted by Gasteiger charge is -2.63. The third-order valence-electron chi connectivity index (χ3n) is 4.99. The van der Waals surface area contributed by atoms with Crippen LogP contribution >= 0.6 is 30.4 Å². The van der Waals surface area contributed by atoms with Crippen LogP contribution in [0.15, 0.2) is 0 Å². The van der Waals surface area contributed by atoms with Crippen LogP contribution in [0, 0.1) is 0 Å². The average molecular weight is 544 g/mol. The Kier molecular flexibility index (Phi) is 11.6. The Balaban J connectivity index is 6.75. The van der Waals surface area contributed by atoms with Crippen LogP contribution in [0.5, 0.6) is 0 Å². The Bertz CT molecular complexity index is 747. The van der Waals surface area contributed by atoms with Gasteiger partial charge in [-0.25, -0.2) is 0 Å². The molecule has 0 N–H and O–H groups in total. The molecule has 0 radical (unpaired) electrons. The maximum Gasteiger partial charge on any atom is 0.0582 e. The second-order valence-corrected chi connectivity index (χ2v) is 15.0. The largest absolute Gasteiger partial charge is 0.834 e. The zero-order valence-corrected chi connectivity index (χ0v) is 20.3. The molecule has 0 rings (SSSR count). The summed E-state index contributed by atoms with van der Waals surface area (Å²) < 4.78 is 55.9. The van der Waals surface area contributed by atoms with E-state index in [0.717, 1.165) is 13.8 Å². The summed E-state index contributed by atoms with van der Waals surface area (Å²) in [5.74, 6) is 0. The van der Waals surface area contributed by atoms with E-state index < -0.39 is 91.7 Å². The van der Waals surface area contributed by atoms with E-state index >= 15 is 0 Å². The Morgan fingerprint density at radius 2 is 1.00 bits per heavy atom. The summed E-state index contributed by atoms with van der Waals surface area (Å²) in [5, 5.41) is 21.5. The van der Waals surface area contributed by atoms with Crippen LogP contribution in [-0.4, -0.2) is 35.6 Å². The van der Waals surface area contributed by atoms with E-state index in [1.54, 1.807) is 0 Å². The molecule has 2 atom stereocenters. The van der Waals surface area contributed by atoms with Crippen molar-refractivity contribution in [2.45, 2.75) is 61.5 Å². The predicted molar refractivity (Wildman–Crippen MR) is 85.2 cm³/mol. The molecule has 0 aliphatic carbocycles. The molecule has 2 unspecified atom stereocenters. The van der Waals surface area contributed by atoms with Gasteiger partial charge >= 0.3 is 0 Å². The van der Waals surface area contributed by atoms with Crippen LogP contribution in [0.2, 0.25) is 0 Å². The minimum absolute atomic E-state index is 0.773. The smallest absolute Gasteiger partial charge is 0.0582 e. The van der Waals surface area contributed by atoms with Crippen molar-refractivity contribution in [1.29, 1.82) is 0 Å². The van der Waals surface area contributed by atoms with Crippen molar-refractivity contribution < 1.29 is 77.1 Å². The zero-order valence-electron chi connectivity index (χ0n) is 16.7. The van der Waals surface area contributed by atoms with Gasteiger partial charge in [-0.1, -0.05) is 37.3 Å². The number of rotatable bonds is 15. The van der Waals surface area contributed by atoms with Gasteiger partial charge in [0, 0.05) is 9.79 Å². The van der Waals surface area contributed by atoms with Gasteiger partial charge in [0.2, 0.25) is 0 Å². The summed E-state index contributed by atoms with van der Waals surface area (Å²) in [6.07, 6.45) is -10.3. The fourth-order valence-corrected chi connectivity index (χ4v) is 9.08. The van der Waals surface area contributed by atoms with Gasteiger partial charge in [0.05, 0.1) is 12.2 Å². The van der Waals surface area contributed by atoms with E-state index in [9.17, 15) is 67.6 Å². The molecule has 0 aliphatic rings. The third kappa shape index (κ3) is 7.22. The molecule has 0 spiro atoms. The first kappa shape index (κ1) is 32.4. The van der Waals surface area contributed by atoms with E-state index in [-0.39, 0.29) is 0 Å². The topological polar surface area (TPSA) is 317 Å². The molecule has 0 aromatic rings. The molecular weight excluding hydrogens is 524 g/mol. The normalized spacial score (nSPS) is 16.8. The highest BCUT2D eigenvalue weighted by Crippen LogP contribution is 2.68. The van der Waals surface area contributed by atoms with Crippen LogP contribution in [0.3, 0.4) is 0 Å². The van der Waals surface area contributed by atoms with Crippen molar-refractivity contribution in [3.63, 3.8) is 0 Å². The van der Waals surface area contributed by atoms with Gasteiger partial charge in [-0.15, -0.1) is 0 Å². The molecule has 0 saturated carbocycles. The van der Waals surface area contributed by atoms with Crippen LogP contribution < -0.4 is 49.4 Å². The first-order valence-electron chi connectivity index (χ1n) is 8.63. The Hall–Kier alpha value is 0.440. The van der Waals surface area contributed by atoms with Crippen LogP contribution in [0.4, 0.5) is 0 Å². The van der Waals surface area contributed by atoms with Crippen molar-refractivity contribution in [3.8, 4) is 0 Å². The van der Waals surface area contributed by atoms with E-state index in [1.165, 1.54) is 0 Å². The maximum atomic E-state index is 11.9.